The van der Waals surface area contributed by atoms with Crippen LogP contribution in [0.2, 0.25) is 0 Å². The van der Waals surface area contributed by atoms with E-state index in [1.807, 2.05) is 18.2 Å². The molecule has 1 aliphatic carbocycles. The first-order valence-electron chi connectivity index (χ1n) is 9.55. The van der Waals surface area contributed by atoms with E-state index < -0.39 is 11.1 Å². The minimum Gasteiger partial charge on any atom is -0.348 e. The number of fused-ring (bicyclic) bond motifs is 2. The summed E-state index contributed by atoms with van der Waals surface area (Å²) in [6.07, 6.45) is 4.44. The van der Waals surface area contributed by atoms with Crippen molar-refractivity contribution >= 4 is 17.1 Å². The molecule has 0 aliphatic heterocycles. The van der Waals surface area contributed by atoms with E-state index in [1.54, 1.807) is 25.3 Å². The number of benzene rings is 1. The predicted molar refractivity (Wildman–Crippen MR) is 106 cm³/mol. The van der Waals surface area contributed by atoms with Gasteiger partial charge in [0.05, 0.1) is 11.6 Å². The maximum absolute atomic E-state index is 12.8. The van der Waals surface area contributed by atoms with Crippen molar-refractivity contribution < 1.29 is 4.79 Å². The van der Waals surface area contributed by atoms with E-state index in [2.05, 4.69) is 16.4 Å². The van der Waals surface area contributed by atoms with Crippen molar-refractivity contribution in [1.29, 1.82) is 0 Å². The Bertz CT molecular complexity index is 1160. The van der Waals surface area contributed by atoms with Crippen LogP contribution in [0.25, 0.3) is 11.2 Å². The fraction of sp³-hybridized carbons (Fsp3) is 0.333. The van der Waals surface area contributed by atoms with Crippen LogP contribution in [-0.2, 0) is 24.3 Å². The van der Waals surface area contributed by atoms with Gasteiger partial charge in [0, 0.05) is 12.7 Å². The van der Waals surface area contributed by atoms with Gasteiger partial charge >= 0.3 is 11.1 Å². The highest BCUT2D eigenvalue weighted by Gasteiger charge is 2.22. The zero-order valence-electron chi connectivity index (χ0n) is 15.7. The quantitative estimate of drug-likeness (QED) is 0.701. The Hall–Kier alpha value is -3.22. The third-order valence-electron chi connectivity index (χ3n) is 5.31. The first-order valence-corrected chi connectivity index (χ1v) is 9.55. The Morgan fingerprint density at radius 3 is 2.75 bits per heavy atom. The maximum atomic E-state index is 12.8. The van der Waals surface area contributed by atoms with E-state index in [0.29, 0.717) is 17.7 Å². The smallest absolute Gasteiger partial charge is 0.318 e. The van der Waals surface area contributed by atoms with Gasteiger partial charge in [0.15, 0.2) is 5.65 Å². The number of rotatable bonds is 4. The van der Waals surface area contributed by atoms with Gasteiger partial charge in [-0.3, -0.25) is 23.5 Å². The monoisotopic (exact) mass is 378 g/mol. The molecule has 1 N–H and O–H groups in total. The lowest BCUT2D eigenvalue weighted by atomic mass is 9.88. The van der Waals surface area contributed by atoms with Crippen molar-refractivity contribution in [3.8, 4) is 0 Å². The van der Waals surface area contributed by atoms with E-state index in [4.69, 9.17) is 0 Å². The van der Waals surface area contributed by atoms with Gasteiger partial charge in [-0.15, -0.1) is 0 Å². The number of hydrogen-bond acceptors (Lipinski definition) is 4. The molecule has 0 bridgehead atoms. The zero-order valence-corrected chi connectivity index (χ0v) is 15.7. The van der Waals surface area contributed by atoms with E-state index in [9.17, 15) is 14.4 Å². The Morgan fingerprint density at radius 2 is 1.93 bits per heavy atom. The van der Waals surface area contributed by atoms with Gasteiger partial charge in [0.1, 0.15) is 6.54 Å². The molecule has 0 radical (unpaired) electrons. The Balaban J connectivity index is 1.66. The molecule has 7 heteroatoms. The molecule has 0 spiro atoms. The molecule has 2 aromatic heterocycles. The summed E-state index contributed by atoms with van der Waals surface area (Å²) in [4.78, 5) is 42.0. The second-order valence-corrected chi connectivity index (χ2v) is 7.00. The molecule has 4 rings (SSSR count). The number of carbonyl (C=O) groups excluding carboxylic acids is 1. The summed E-state index contributed by atoms with van der Waals surface area (Å²) >= 11 is 0. The molecule has 144 valence electrons. The normalized spacial score (nSPS) is 16.0. The van der Waals surface area contributed by atoms with Crippen LogP contribution in [0.5, 0.6) is 0 Å². The van der Waals surface area contributed by atoms with Gasteiger partial charge < -0.3 is 5.32 Å². The average Bonchev–Trinajstić information content (AvgIpc) is 2.72. The van der Waals surface area contributed by atoms with Crippen molar-refractivity contribution in [2.45, 2.75) is 45.3 Å². The molecule has 28 heavy (non-hydrogen) atoms. The van der Waals surface area contributed by atoms with E-state index >= 15 is 0 Å². The maximum Gasteiger partial charge on any atom is 0.318 e. The Labute approximate surface area is 161 Å². The van der Waals surface area contributed by atoms with Crippen molar-refractivity contribution in [2.75, 3.05) is 0 Å². The van der Waals surface area contributed by atoms with Crippen LogP contribution in [0.4, 0.5) is 0 Å². The minimum atomic E-state index is -0.707. The first-order chi connectivity index (χ1) is 13.6. The van der Waals surface area contributed by atoms with Gasteiger partial charge in [0.25, 0.3) is 0 Å². The first kappa shape index (κ1) is 18.2. The van der Waals surface area contributed by atoms with Crippen LogP contribution in [-0.4, -0.2) is 20.0 Å². The topological polar surface area (TPSA) is 86.0 Å². The van der Waals surface area contributed by atoms with Crippen LogP contribution in [0.15, 0.2) is 52.2 Å². The van der Waals surface area contributed by atoms with Crippen molar-refractivity contribution in [1.82, 2.24) is 19.4 Å². The van der Waals surface area contributed by atoms with Crippen molar-refractivity contribution in [3.05, 3.63) is 74.4 Å². The molecular weight excluding hydrogens is 356 g/mol. The molecule has 0 saturated heterocycles. The van der Waals surface area contributed by atoms with E-state index in [-0.39, 0.29) is 18.5 Å². The number of hydrogen-bond donors (Lipinski definition) is 1. The molecule has 0 saturated carbocycles. The summed E-state index contributed by atoms with van der Waals surface area (Å²) in [5.74, 6) is -0.289. The molecule has 1 amide bonds. The molecule has 2 heterocycles. The highest BCUT2D eigenvalue weighted by atomic mass is 16.2. The fourth-order valence-corrected chi connectivity index (χ4v) is 3.98. The van der Waals surface area contributed by atoms with Crippen LogP contribution in [0.3, 0.4) is 0 Å². The molecule has 1 atom stereocenters. The second-order valence-electron chi connectivity index (χ2n) is 7.00. The number of nitrogens with one attached hydrogen (secondary N) is 1. The Kier molecular flexibility index (Phi) is 4.81. The number of aryl methyl sites for hydroxylation is 2. The van der Waals surface area contributed by atoms with Crippen LogP contribution < -0.4 is 16.4 Å². The van der Waals surface area contributed by atoms with Gasteiger partial charge in [-0.25, -0.2) is 4.98 Å². The summed E-state index contributed by atoms with van der Waals surface area (Å²) in [6.45, 7) is 1.92. The highest BCUT2D eigenvalue weighted by Crippen LogP contribution is 2.29. The van der Waals surface area contributed by atoms with Gasteiger partial charge in [-0.05, 0) is 49.4 Å². The zero-order chi connectivity index (χ0) is 19.7. The highest BCUT2D eigenvalue weighted by molar-refractivity contribution is 5.79. The lowest BCUT2D eigenvalue weighted by Crippen LogP contribution is -2.44. The molecule has 7 nitrogen and oxygen atoms in total. The average molecular weight is 378 g/mol. The third kappa shape index (κ3) is 3.13. The number of amides is 1. The van der Waals surface area contributed by atoms with Crippen LogP contribution >= 0.6 is 0 Å². The summed E-state index contributed by atoms with van der Waals surface area (Å²) in [6, 6.07) is 11.4. The van der Waals surface area contributed by atoms with E-state index in [1.165, 1.54) is 14.7 Å². The number of carbonyl (C=O) groups is 1. The molecule has 0 unspecified atom stereocenters. The summed E-state index contributed by atoms with van der Waals surface area (Å²) < 4.78 is 2.56. The Morgan fingerprint density at radius 1 is 1.14 bits per heavy atom. The molecule has 0 fully saturated rings. The number of pyridine rings is 1. The molecule has 1 aromatic carbocycles. The van der Waals surface area contributed by atoms with Gasteiger partial charge in [-0.2, -0.15) is 0 Å². The van der Waals surface area contributed by atoms with Crippen molar-refractivity contribution in [2.24, 2.45) is 0 Å². The summed E-state index contributed by atoms with van der Waals surface area (Å²) in [7, 11) is 0. The lowest BCUT2D eigenvalue weighted by Gasteiger charge is -2.26. The van der Waals surface area contributed by atoms with Crippen molar-refractivity contribution in [3.63, 3.8) is 0 Å². The summed E-state index contributed by atoms with van der Waals surface area (Å²) in [5.41, 5.74) is 1.89. The molecular formula is C21H22N4O3. The molecule has 3 aromatic rings. The number of aromatic nitrogens is 3. The summed E-state index contributed by atoms with van der Waals surface area (Å²) in [5, 5.41) is 3.04. The SMILES string of the molecule is CCn1c(=O)c(=O)n(CC(=O)N[C@@H]2CCCc3ccccc32)c2cccnc21. The lowest BCUT2D eigenvalue weighted by molar-refractivity contribution is -0.122. The number of nitrogens with zero attached hydrogens (tertiary/aromatic N) is 3. The van der Waals surface area contributed by atoms with Gasteiger partial charge in [0.2, 0.25) is 5.91 Å². The standard InChI is InChI=1S/C21H22N4O3/c1-2-24-19-17(11-6-12-22-19)25(21(28)20(24)27)13-18(26)23-16-10-5-8-14-7-3-4-9-15(14)16/h3-4,6-7,9,11-12,16H,2,5,8,10,13H2,1H3,(H,23,26)/t16-/m1/s1. The van der Waals surface area contributed by atoms with Crippen LogP contribution in [0, 0.1) is 0 Å². The van der Waals surface area contributed by atoms with E-state index in [0.717, 1.165) is 24.8 Å². The predicted octanol–water partition coefficient (Wildman–Crippen LogP) is 1.77. The minimum absolute atomic E-state index is 0.0754. The fourth-order valence-electron chi connectivity index (χ4n) is 3.98. The van der Waals surface area contributed by atoms with Crippen LogP contribution in [0.1, 0.15) is 36.9 Å². The third-order valence-corrected chi connectivity index (χ3v) is 5.31. The second kappa shape index (κ2) is 7.42. The van der Waals surface area contributed by atoms with Gasteiger partial charge in [-0.1, -0.05) is 24.3 Å². The molecule has 1 aliphatic rings. The largest absolute Gasteiger partial charge is 0.348 e.